The third-order valence-electron chi connectivity index (χ3n) is 4.38. The summed E-state index contributed by atoms with van der Waals surface area (Å²) in [6.45, 7) is 12.1. The molecule has 0 radical (unpaired) electrons. The topological polar surface area (TPSA) is 87.3 Å². The Kier molecular flexibility index (Phi) is 7.59. The molecular formula is C21H23ClN4O3. The van der Waals surface area contributed by atoms with E-state index in [1.807, 2.05) is 18.2 Å². The quantitative estimate of drug-likeness (QED) is 0.364. The Labute approximate surface area is 175 Å². The zero-order chi connectivity index (χ0) is 21.6. The number of aliphatic hydroxyl groups is 1. The fourth-order valence-electron chi connectivity index (χ4n) is 2.61. The molecule has 2 aromatic rings. The van der Waals surface area contributed by atoms with Crippen LogP contribution in [0.25, 0.3) is 4.85 Å². The van der Waals surface area contributed by atoms with Gasteiger partial charge in [0, 0.05) is 11.3 Å². The molecular weight excluding hydrogens is 392 g/mol. The van der Waals surface area contributed by atoms with E-state index in [0.717, 1.165) is 5.56 Å². The molecule has 0 aliphatic heterocycles. The van der Waals surface area contributed by atoms with Crippen molar-refractivity contribution in [3.63, 3.8) is 0 Å². The van der Waals surface area contributed by atoms with Gasteiger partial charge in [0.25, 0.3) is 5.91 Å². The van der Waals surface area contributed by atoms with Gasteiger partial charge in [-0.25, -0.2) is 10.3 Å². The van der Waals surface area contributed by atoms with Crippen LogP contribution in [0.3, 0.4) is 0 Å². The molecule has 152 valence electrons. The summed E-state index contributed by atoms with van der Waals surface area (Å²) in [7, 11) is 1.57. The zero-order valence-corrected chi connectivity index (χ0v) is 17.4. The first kappa shape index (κ1) is 22.2. The number of carbonyl (C=O) groups excluding carboxylic acids is 1. The highest BCUT2D eigenvalue weighted by Crippen LogP contribution is 2.33. The molecule has 0 spiro atoms. The van der Waals surface area contributed by atoms with Crippen LogP contribution in [0.2, 0.25) is 5.02 Å². The number of carbonyl (C=O) groups is 1. The van der Waals surface area contributed by atoms with Crippen LogP contribution >= 0.6 is 11.6 Å². The van der Waals surface area contributed by atoms with Crippen molar-refractivity contribution >= 4 is 34.6 Å². The van der Waals surface area contributed by atoms with Crippen molar-refractivity contribution in [2.45, 2.75) is 32.9 Å². The summed E-state index contributed by atoms with van der Waals surface area (Å²) < 4.78 is 5.19. The standard InChI is InChI=1S/C21H23ClN4O3/c1-12-17(9-10-18(23-4)19(12)22)24-20(14(3)27)21(28)26-25-13(2)15-7-6-8-16(11-15)29-5/h6-11,14,20,24,27H,1-3,5H3,(H,26,28)/t14-,20+/m0/s1. The summed E-state index contributed by atoms with van der Waals surface area (Å²) in [6, 6.07) is 9.55. The number of aliphatic hydroxyl groups excluding tert-OH is 1. The van der Waals surface area contributed by atoms with Crippen molar-refractivity contribution < 1.29 is 14.6 Å². The van der Waals surface area contributed by atoms with E-state index in [9.17, 15) is 9.90 Å². The molecule has 0 saturated heterocycles. The predicted octanol–water partition coefficient (Wildman–Crippen LogP) is 3.91. The summed E-state index contributed by atoms with van der Waals surface area (Å²) >= 11 is 6.19. The van der Waals surface area contributed by atoms with Crippen LogP contribution in [0.5, 0.6) is 5.75 Å². The van der Waals surface area contributed by atoms with E-state index in [1.54, 1.807) is 39.2 Å². The van der Waals surface area contributed by atoms with Crippen LogP contribution in [-0.4, -0.2) is 36.0 Å². The van der Waals surface area contributed by atoms with Gasteiger partial charge in [-0.3, -0.25) is 4.79 Å². The van der Waals surface area contributed by atoms with E-state index in [2.05, 4.69) is 20.7 Å². The molecule has 8 heteroatoms. The summed E-state index contributed by atoms with van der Waals surface area (Å²) in [5.41, 5.74) is 5.36. The minimum absolute atomic E-state index is 0.307. The first-order valence-electron chi connectivity index (χ1n) is 8.88. The number of rotatable bonds is 7. The van der Waals surface area contributed by atoms with E-state index >= 15 is 0 Å². The summed E-state index contributed by atoms with van der Waals surface area (Å²) in [5.74, 6) is 0.175. The zero-order valence-electron chi connectivity index (χ0n) is 16.7. The van der Waals surface area contributed by atoms with Gasteiger partial charge in [-0.15, -0.1) is 0 Å². The van der Waals surface area contributed by atoms with Crippen molar-refractivity contribution in [2.75, 3.05) is 12.4 Å². The highest BCUT2D eigenvalue weighted by Gasteiger charge is 2.24. The fourth-order valence-corrected chi connectivity index (χ4v) is 2.81. The van der Waals surface area contributed by atoms with Crippen LogP contribution in [0.15, 0.2) is 41.5 Å². The van der Waals surface area contributed by atoms with E-state index < -0.39 is 18.1 Å². The normalized spacial score (nSPS) is 13.2. The minimum Gasteiger partial charge on any atom is -0.497 e. The van der Waals surface area contributed by atoms with Crippen LogP contribution < -0.4 is 15.5 Å². The maximum atomic E-state index is 12.6. The van der Waals surface area contributed by atoms with E-state index in [0.29, 0.717) is 33.4 Å². The van der Waals surface area contributed by atoms with Crippen LogP contribution in [0.1, 0.15) is 25.0 Å². The van der Waals surface area contributed by atoms with Gasteiger partial charge in [-0.2, -0.15) is 5.10 Å². The van der Waals surface area contributed by atoms with Gasteiger partial charge in [0.2, 0.25) is 5.69 Å². The fraction of sp³-hybridized carbons (Fsp3) is 0.286. The van der Waals surface area contributed by atoms with Crippen LogP contribution in [-0.2, 0) is 4.79 Å². The highest BCUT2D eigenvalue weighted by atomic mass is 35.5. The molecule has 29 heavy (non-hydrogen) atoms. The number of nitrogens with one attached hydrogen (secondary N) is 2. The van der Waals surface area contributed by atoms with Crippen LogP contribution in [0.4, 0.5) is 11.4 Å². The first-order valence-corrected chi connectivity index (χ1v) is 9.26. The monoisotopic (exact) mass is 414 g/mol. The van der Waals surface area contributed by atoms with Gasteiger partial charge in [0.05, 0.1) is 30.5 Å². The Morgan fingerprint density at radius 1 is 1.34 bits per heavy atom. The van der Waals surface area contributed by atoms with Crippen molar-refractivity contribution in [1.29, 1.82) is 0 Å². The number of hydrogen-bond acceptors (Lipinski definition) is 5. The summed E-state index contributed by atoms with van der Waals surface area (Å²) in [4.78, 5) is 16.0. The van der Waals surface area contributed by atoms with Gasteiger partial charge in [0.1, 0.15) is 11.8 Å². The molecule has 2 atom stereocenters. The number of amides is 1. The molecule has 0 aliphatic rings. The lowest BCUT2D eigenvalue weighted by atomic mass is 10.1. The number of halogens is 1. The molecule has 0 heterocycles. The number of nitrogens with zero attached hydrogens (tertiary/aromatic N) is 2. The minimum atomic E-state index is -0.999. The van der Waals surface area contributed by atoms with Gasteiger partial charge >= 0.3 is 0 Å². The Bertz CT molecular complexity index is 967. The molecule has 2 rings (SSSR count). The van der Waals surface area contributed by atoms with Gasteiger partial charge in [-0.1, -0.05) is 29.8 Å². The lowest BCUT2D eigenvalue weighted by Gasteiger charge is -2.22. The van der Waals surface area contributed by atoms with E-state index in [1.165, 1.54) is 6.92 Å². The largest absolute Gasteiger partial charge is 0.497 e. The van der Waals surface area contributed by atoms with Crippen molar-refractivity contribution in [3.05, 3.63) is 64.0 Å². The smallest absolute Gasteiger partial charge is 0.265 e. The Morgan fingerprint density at radius 3 is 2.69 bits per heavy atom. The van der Waals surface area contributed by atoms with Crippen molar-refractivity contribution in [2.24, 2.45) is 5.10 Å². The maximum Gasteiger partial charge on any atom is 0.265 e. The van der Waals surface area contributed by atoms with Gasteiger partial charge < -0.3 is 15.2 Å². The Balaban J connectivity index is 2.18. The predicted molar refractivity (Wildman–Crippen MR) is 115 cm³/mol. The molecule has 1 amide bonds. The summed E-state index contributed by atoms with van der Waals surface area (Å²) in [5, 5.41) is 17.5. The van der Waals surface area contributed by atoms with Crippen molar-refractivity contribution in [3.8, 4) is 5.75 Å². The SMILES string of the molecule is [C-]#[N+]c1ccc(N[C@@H](C(=O)NN=C(C)c2cccc(OC)c2)[C@H](C)O)c(C)c1Cl. The van der Waals surface area contributed by atoms with E-state index in [4.69, 9.17) is 22.9 Å². The van der Waals surface area contributed by atoms with Crippen molar-refractivity contribution in [1.82, 2.24) is 5.43 Å². The number of hydrazone groups is 1. The van der Waals surface area contributed by atoms with Gasteiger partial charge in [0.15, 0.2) is 0 Å². The average molecular weight is 415 g/mol. The molecule has 0 aromatic heterocycles. The Hall–Kier alpha value is -3.08. The molecule has 3 N–H and O–H groups in total. The second-order valence-corrected chi connectivity index (χ2v) is 6.83. The summed E-state index contributed by atoms with van der Waals surface area (Å²) in [6.07, 6.45) is -0.999. The average Bonchev–Trinajstić information content (AvgIpc) is 2.72. The van der Waals surface area contributed by atoms with Crippen LogP contribution in [0, 0.1) is 13.5 Å². The lowest BCUT2D eigenvalue weighted by molar-refractivity contribution is -0.123. The second kappa shape index (κ2) is 9.92. The highest BCUT2D eigenvalue weighted by molar-refractivity contribution is 6.34. The van der Waals surface area contributed by atoms with Gasteiger partial charge in [-0.05, 0) is 44.5 Å². The number of benzene rings is 2. The Morgan fingerprint density at radius 2 is 2.07 bits per heavy atom. The molecule has 0 bridgehead atoms. The number of methoxy groups -OCH3 is 1. The van der Waals surface area contributed by atoms with E-state index in [-0.39, 0.29) is 0 Å². The third kappa shape index (κ3) is 5.47. The molecule has 0 unspecified atom stereocenters. The molecule has 7 nitrogen and oxygen atoms in total. The lowest BCUT2D eigenvalue weighted by Crippen LogP contribution is -2.45. The number of anilines is 1. The third-order valence-corrected chi connectivity index (χ3v) is 4.86. The maximum absolute atomic E-state index is 12.6. The molecule has 0 saturated carbocycles. The molecule has 0 fully saturated rings. The first-order chi connectivity index (χ1) is 13.8. The molecule has 2 aromatic carbocycles. The second-order valence-electron chi connectivity index (χ2n) is 6.45. The number of hydrogen-bond donors (Lipinski definition) is 3. The molecule has 0 aliphatic carbocycles. The number of ether oxygens (including phenoxy) is 1.